The van der Waals surface area contributed by atoms with Crippen molar-refractivity contribution in [2.45, 2.75) is 30.9 Å². The van der Waals surface area contributed by atoms with Crippen LogP contribution in [0, 0.1) is 0 Å². The van der Waals surface area contributed by atoms with E-state index in [2.05, 4.69) is 17.9 Å². The predicted molar refractivity (Wildman–Crippen MR) is 63.0 cm³/mol. The molecule has 3 nitrogen and oxygen atoms in total. The molecule has 0 spiro atoms. The van der Waals surface area contributed by atoms with Crippen LogP contribution in [0.15, 0.2) is 0 Å². The van der Waals surface area contributed by atoms with Gasteiger partial charge >= 0.3 is 6.09 Å². The summed E-state index contributed by atoms with van der Waals surface area (Å²) in [5, 5.41) is 2.64. The molecule has 0 atom stereocenters. The van der Waals surface area contributed by atoms with Crippen molar-refractivity contribution >= 4 is 34.4 Å². The van der Waals surface area contributed by atoms with Gasteiger partial charge in [-0.25, -0.2) is 4.79 Å². The second kappa shape index (κ2) is 4.31. The van der Waals surface area contributed by atoms with E-state index < -0.39 is 11.7 Å². The van der Waals surface area contributed by atoms with E-state index in [0.717, 1.165) is 0 Å². The van der Waals surface area contributed by atoms with Crippen LogP contribution in [0.5, 0.6) is 0 Å². The second-order valence-electron chi connectivity index (χ2n) is 4.67. The second-order valence-corrected chi connectivity index (χ2v) is 5.88. The highest BCUT2D eigenvalue weighted by Gasteiger charge is 2.18. The van der Waals surface area contributed by atoms with Gasteiger partial charge in [0.05, 0.1) is 0 Å². The maximum absolute atomic E-state index is 11.1. The molecule has 0 radical (unpaired) electrons. The number of thiol groups is 1. The van der Waals surface area contributed by atoms with Gasteiger partial charge < -0.3 is 10.1 Å². The molecule has 1 N–H and O–H groups in total. The maximum atomic E-state index is 11.1. The molecule has 0 aliphatic heterocycles. The standard InChI is InChI=1S/C7H17B2NO2S/c1-6(2,3)12-5(11)10-4-7(8,9)13/h13H,4,8-9H2,1-3H3,(H,10,11). The minimum atomic E-state index is -0.440. The quantitative estimate of drug-likeness (QED) is 0.460. The summed E-state index contributed by atoms with van der Waals surface area (Å²) in [5.74, 6) is 0. The molecule has 0 saturated carbocycles. The van der Waals surface area contributed by atoms with Gasteiger partial charge in [0.1, 0.15) is 21.3 Å². The lowest BCUT2D eigenvalue weighted by Gasteiger charge is -2.22. The number of rotatable bonds is 2. The molecular formula is C7H17B2NO2S. The van der Waals surface area contributed by atoms with E-state index >= 15 is 0 Å². The van der Waals surface area contributed by atoms with Gasteiger partial charge in [-0.2, -0.15) is 12.6 Å². The van der Waals surface area contributed by atoms with Crippen LogP contribution < -0.4 is 5.32 Å². The molecule has 0 unspecified atom stereocenters. The summed E-state index contributed by atoms with van der Waals surface area (Å²) in [6.07, 6.45) is -0.394. The first kappa shape index (κ1) is 12.7. The SMILES string of the molecule is BC(B)(S)CNC(=O)OC(C)(C)C. The number of carbonyl (C=O) groups excluding carboxylic acids is 1. The van der Waals surface area contributed by atoms with Crippen molar-refractivity contribution in [3.05, 3.63) is 0 Å². The number of alkyl carbamates (subject to hydrolysis) is 1. The van der Waals surface area contributed by atoms with E-state index in [-0.39, 0.29) is 4.55 Å². The third kappa shape index (κ3) is 9.67. The van der Waals surface area contributed by atoms with Crippen molar-refractivity contribution in [2.24, 2.45) is 0 Å². The van der Waals surface area contributed by atoms with Gasteiger partial charge in [0.25, 0.3) is 0 Å². The summed E-state index contributed by atoms with van der Waals surface area (Å²) < 4.78 is 4.84. The fourth-order valence-corrected chi connectivity index (χ4v) is 0.682. The lowest BCUT2D eigenvalue weighted by atomic mass is 9.69. The highest BCUT2D eigenvalue weighted by Crippen LogP contribution is 2.07. The Labute approximate surface area is 87.2 Å². The first-order chi connectivity index (χ1) is 5.60. The number of hydrogen-bond acceptors (Lipinski definition) is 3. The average molecular weight is 201 g/mol. The zero-order valence-electron chi connectivity index (χ0n) is 8.97. The van der Waals surface area contributed by atoms with Crippen LogP contribution in [0.2, 0.25) is 0 Å². The van der Waals surface area contributed by atoms with Crippen LogP contribution in [0.4, 0.5) is 4.79 Å². The summed E-state index contributed by atoms with van der Waals surface area (Å²) in [6.45, 7) is 5.99. The zero-order chi connectivity index (χ0) is 10.7. The summed E-state index contributed by atoms with van der Waals surface area (Å²) >= 11 is 4.27. The average Bonchev–Trinajstić information content (AvgIpc) is 1.78. The van der Waals surface area contributed by atoms with E-state index in [4.69, 9.17) is 4.74 Å². The molecule has 0 rings (SSSR count). The van der Waals surface area contributed by atoms with Gasteiger partial charge in [-0.05, 0) is 25.3 Å². The molecule has 0 saturated heterocycles. The first-order valence-corrected chi connectivity index (χ1v) is 4.74. The van der Waals surface area contributed by atoms with Gasteiger partial charge in [-0.15, -0.1) is 0 Å². The summed E-state index contributed by atoms with van der Waals surface area (Å²) in [4.78, 5) is 11.1. The molecule has 0 aliphatic rings. The molecule has 13 heavy (non-hydrogen) atoms. The molecule has 0 aromatic heterocycles. The minimum Gasteiger partial charge on any atom is -0.444 e. The van der Waals surface area contributed by atoms with Crippen molar-refractivity contribution in [1.82, 2.24) is 5.32 Å². The third-order valence-corrected chi connectivity index (χ3v) is 1.22. The number of hydrogen-bond donors (Lipinski definition) is 2. The lowest BCUT2D eigenvalue weighted by molar-refractivity contribution is 0.0529. The van der Waals surface area contributed by atoms with E-state index in [1.165, 1.54) is 0 Å². The van der Waals surface area contributed by atoms with Crippen molar-refractivity contribution in [1.29, 1.82) is 0 Å². The van der Waals surface area contributed by atoms with E-state index in [9.17, 15) is 4.79 Å². The van der Waals surface area contributed by atoms with Gasteiger partial charge in [0.15, 0.2) is 0 Å². The molecule has 0 fully saturated rings. The van der Waals surface area contributed by atoms with Crippen molar-refractivity contribution in [3.8, 4) is 0 Å². The Balaban J connectivity index is 3.78. The first-order valence-electron chi connectivity index (χ1n) is 4.29. The third-order valence-electron chi connectivity index (χ3n) is 1.06. The summed E-state index contributed by atoms with van der Waals surface area (Å²) in [7, 11) is 3.85. The number of carbonyl (C=O) groups is 1. The van der Waals surface area contributed by atoms with Crippen LogP contribution in [0.25, 0.3) is 0 Å². The molecule has 0 bridgehead atoms. The van der Waals surface area contributed by atoms with Crippen molar-refractivity contribution in [3.63, 3.8) is 0 Å². The molecule has 0 aromatic rings. The van der Waals surface area contributed by atoms with Crippen LogP contribution in [0.1, 0.15) is 20.8 Å². The number of ether oxygens (including phenoxy) is 1. The molecular weight excluding hydrogens is 184 g/mol. The van der Waals surface area contributed by atoms with E-state index in [1.807, 2.05) is 36.5 Å². The van der Waals surface area contributed by atoms with Crippen molar-refractivity contribution < 1.29 is 9.53 Å². The van der Waals surface area contributed by atoms with Gasteiger partial charge in [-0.3, -0.25) is 0 Å². The molecule has 6 heteroatoms. The zero-order valence-corrected chi connectivity index (χ0v) is 9.87. The van der Waals surface area contributed by atoms with Crippen LogP contribution in [-0.2, 0) is 4.74 Å². The largest absolute Gasteiger partial charge is 0.444 e. The van der Waals surface area contributed by atoms with Gasteiger partial charge in [0, 0.05) is 6.54 Å². The van der Waals surface area contributed by atoms with Gasteiger partial charge in [0.2, 0.25) is 0 Å². The highest BCUT2D eigenvalue weighted by molar-refractivity contribution is 7.84. The van der Waals surface area contributed by atoms with Crippen LogP contribution in [-0.4, -0.2) is 38.5 Å². The molecule has 0 aliphatic carbocycles. The Morgan fingerprint density at radius 3 is 2.23 bits per heavy atom. The maximum Gasteiger partial charge on any atom is 0.407 e. The Kier molecular flexibility index (Phi) is 4.23. The number of amides is 1. The van der Waals surface area contributed by atoms with Crippen LogP contribution in [0.3, 0.4) is 0 Å². The summed E-state index contributed by atoms with van der Waals surface area (Å²) in [6, 6.07) is 0. The Bertz CT molecular complexity index is 186. The predicted octanol–water partition coefficient (Wildman–Crippen LogP) is -0.639. The topological polar surface area (TPSA) is 38.3 Å². The smallest absolute Gasteiger partial charge is 0.407 e. The molecule has 1 amide bonds. The van der Waals surface area contributed by atoms with E-state index in [0.29, 0.717) is 6.54 Å². The minimum absolute atomic E-state index is 0.211. The van der Waals surface area contributed by atoms with E-state index in [1.54, 1.807) is 0 Å². The van der Waals surface area contributed by atoms with Gasteiger partial charge in [-0.1, -0.05) is 0 Å². The fraction of sp³-hybridized carbons (Fsp3) is 0.857. The van der Waals surface area contributed by atoms with Crippen molar-refractivity contribution in [2.75, 3.05) is 6.54 Å². The normalized spacial score (nSPS) is 12.3. The molecule has 0 aromatic carbocycles. The monoisotopic (exact) mass is 201 g/mol. The number of nitrogens with one attached hydrogen (secondary N) is 1. The Hall–Kier alpha value is -0.250. The highest BCUT2D eigenvalue weighted by atomic mass is 32.1. The Morgan fingerprint density at radius 1 is 1.46 bits per heavy atom. The summed E-state index contributed by atoms with van der Waals surface area (Å²) in [5.41, 5.74) is -0.440. The fourth-order valence-electron chi connectivity index (χ4n) is 0.603. The Morgan fingerprint density at radius 2 is 1.92 bits per heavy atom. The molecule has 74 valence electrons. The molecule has 0 heterocycles. The van der Waals surface area contributed by atoms with Crippen LogP contribution >= 0.6 is 12.6 Å². The lowest BCUT2D eigenvalue weighted by Crippen LogP contribution is -2.42.